The molecule has 33 heavy (non-hydrogen) atoms. The Morgan fingerprint density at radius 1 is 0.879 bits per heavy atom. The first-order valence-electron chi connectivity index (χ1n) is 10.3. The van der Waals surface area contributed by atoms with Crippen molar-refractivity contribution in [2.75, 3.05) is 31.1 Å². The van der Waals surface area contributed by atoms with Crippen LogP contribution in [0.1, 0.15) is 21.5 Å². The van der Waals surface area contributed by atoms with E-state index in [0.717, 1.165) is 16.7 Å². The summed E-state index contributed by atoms with van der Waals surface area (Å²) in [4.78, 5) is 16.2. The quantitative estimate of drug-likeness (QED) is 0.479. The van der Waals surface area contributed by atoms with Crippen LogP contribution in [0, 0.1) is 0 Å². The highest BCUT2D eigenvalue weighted by molar-refractivity contribution is 8.02. The highest BCUT2D eigenvalue weighted by atomic mass is 32.2. The van der Waals surface area contributed by atoms with Crippen LogP contribution in [-0.2, 0) is 6.18 Å². The van der Waals surface area contributed by atoms with Crippen molar-refractivity contribution in [3.05, 3.63) is 88.8 Å². The van der Waals surface area contributed by atoms with Crippen LogP contribution in [0.25, 0.3) is 6.08 Å². The second-order valence-electron chi connectivity index (χ2n) is 7.38. The minimum atomic E-state index is -4.57. The third kappa shape index (κ3) is 5.73. The minimum absolute atomic E-state index is 0.309. The molecule has 1 aliphatic rings. The van der Waals surface area contributed by atoms with E-state index in [4.69, 9.17) is 0 Å². The summed E-state index contributed by atoms with van der Waals surface area (Å²) in [6, 6.07) is 18.6. The predicted octanol–water partition coefficient (Wildman–Crippen LogP) is 5.22. The number of rotatable bonds is 5. The number of nitrogens with zero attached hydrogens (tertiary/aromatic N) is 4. The van der Waals surface area contributed by atoms with E-state index < -0.39 is 17.6 Å². The molecule has 0 N–H and O–H groups in total. The van der Waals surface area contributed by atoms with E-state index in [1.807, 2.05) is 58.8 Å². The standard InChI is InChI=1S/C24H21F3N4OS/c25-24(26,27)20-9-5-4-8-19(20)23(32)31-15-13-30(14-16-31)21-10-11-22(29-28-21)33-17-12-18-6-2-1-3-7-18/h1-12,17H,13-16H2. The van der Waals surface area contributed by atoms with Crippen molar-refractivity contribution in [3.8, 4) is 0 Å². The Balaban J connectivity index is 1.34. The van der Waals surface area contributed by atoms with E-state index in [1.54, 1.807) is 0 Å². The Kier molecular flexibility index (Phi) is 6.98. The molecule has 1 amide bonds. The highest BCUT2D eigenvalue weighted by Crippen LogP contribution is 2.32. The third-order valence-electron chi connectivity index (χ3n) is 5.23. The van der Waals surface area contributed by atoms with Crippen LogP contribution in [0.3, 0.4) is 0 Å². The van der Waals surface area contributed by atoms with Gasteiger partial charge in [0, 0.05) is 26.2 Å². The average Bonchev–Trinajstić information content (AvgIpc) is 2.84. The van der Waals surface area contributed by atoms with Gasteiger partial charge >= 0.3 is 6.18 Å². The van der Waals surface area contributed by atoms with Gasteiger partial charge in [0.05, 0.1) is 11.1 Å². The summed E-state index contributed by atoms with van der Waals surface area (Å²) in [6.07, 6.45) is -2.58. The number of hydrogen-bond donors (Lipinski definition) is 0. The second kappa shape index (κ2) is 10.1. The molecule has 0 aliphatic carbocycles. The highest BCUT2D eigenvalue weighted by Gasteiger charge is 2.36. The molecular weight excluding hydrogens is 449 g/mol. The van der Waals surface area contributed by atoms with E-state index in [1.165, 1.54) is 34.9 Å². The maximum absolute atomic E-state index is 13.3. The lowest BCUT2D eigenvalue weighted by Gasteiger charge is -2.35. The second-order valence-corrected chi connectivity index (χ2v) is 8.31. The summed E-state index contributed by atoms with van der Waals surface area (Å²) >= 11 is 1.46. The van der Waals surface area contributed by atoms with Crippen LogP contribution >= 0.6 is 11.8 Å². The number of carbonyl (C=O) groups is 1. The molecular formula is C24H21F3N4OS. The van der Waals surface area contributed by atoms with E-state index in [0.29, 0.717) is 32.0 Å². The smallest absolute Gasteiger partial charge is 0.352 e. The first-order chi connectivity index (χ1) is 15.9. The van der Waals surface area contributed by atoms with Gasteiger partial charge in [-0.2, -0.15) is 13.2 Å². The molecule has 0 bridgehead atoms. The van der Waals surface area contributed by atoms with Gasteiger partial charge in [-0.3, -0.25) is 4.79 Å². The number of halogens is 3. The summed E-state index contributed by atoms with van der Waals surface area (Å²) in [6.45, 7) is 1.55. The van der Waals surface area contributed by atoms with Gasteiger partial charge in [0.1, 0.15) is 5.03 Å². The zero-order chi connectivity index (χ0) is 23.3. The number of benzene rings is 2. The number of carbonyl (C=O) groups excluding carboxylic acids is 1. The molecule has 1 fully saturated rings. The van der Waals surface area contributed by atoms with Crippen molar-refractivity contribution in [2.24, 2.45) is 0 Å². The average molecular weight is 471 g/mol. The molecule has 2 heterocycles. The molecule has 4 rings (SSSR count). The van der Waals surface area contributed by atoms with Crippen molar-refractivity contribution in [1.29, 1.82) is 0 Å². The molecule has 3 aromatic rings. The molecule has 170 valence electrons. The maximum Gasteiger partial charge on any atom is 0.417 e. The monoisotopic (exact) mass is 470 g/mol. The Bertz CT molecular complexity index is 1110. The van der Waals surface area contributed by atoms with Crippen molar-refractivity contribution < 1.29 is 18.0 Å². The number of hydrogen-bond acceptors (Lipinski definition) is 5. The van der Waals surface area contributed by atoms with Gasteiger partial charge in [-0.25, -0.2) is 0 Å². The summed E-state index contributed by atoms with van der Waals surface area (Å²) in [7, 11) is 0. The van der Waals surface area contributed by atoms with Crippen molar-refractivity contribution in [2.45, 2.75) is 11.2 Å². The number of piperazine rings is 1. The molecule has 5 nitrogen and oxygen atoms in total. The lowest BCUT2D eigenvalue weighted by atomic mass is 10.1. The molecule has 1 aliphatic heterocycles. The Hall–Kier alpha value is -3.33. The maximum atomic E-state index is 13.3. The minimum Gasteiger partial charge on any atom is -0.352 e. The van der Waals surface area contributed by atoms with Gasteiger partial charge in [0.2, 0.25) is 0 Å². The van der Waals surface area contributed by atoms with E-state index >= 15 is 0 Å². The first kappa shape index (κ1) is 22.8. The van der Waals surface area contributed by atoms with Crippen LogP contribution in [0.4, 0.5) is 19.0 Å². The van der Waals surface area contributed by atoms with Gasteiger partial charge in [-0.15, -0.1) is 10.2 Å². The molecule has 0 spiro atoms. The van der Waals surface area contributed by atoms with E-state index in [2.05, 4.69) is 10.2 Å². The SMILES string of the molecule is O=C(c1ccccc1C(F)(F)F)N1CCN(c2ccc(SC=Cc3ccccc3)nn2)CC1. The normalized spacial score (nSPS) is 14.6. The van der Waals surface area contributed by atoms with Crippen LogP contribution < -0.4 is 4.90 Å². The summed E-state index contributed by atoms with van der Waals surface area (Å²) in [5.41, 5.74) is -0.124. The summed E-state index contributed by atoms with van der Waals surface area (Å²) in [5, 5.41) is 11.2. The number of anilines is 1. The van der Waals surface area contributed by atoms with E-state index in [9.17, 15) is 18.0 Å². The number of amides is 1. The number of thioether (sulfide) groups is 1. The fourth-order valence-electron chi connectivity index (χ4n) is 3.52. The molecule has 0 atom stereocenters. The third-order valence-corrected chi connectivity index (χ3v) is 5.96. The van der Waals surface area contributed by atoms with Crippen molar-refractivity contribution >= 4 is 29.6 Å². The lowest BCUT2D eigenvalue weighted by Crippen LogP contribution is -2.49. The Morgan fingerprint density at radius 2 is 1.58 bits per heavy atom. The fourth-order valence-corrected chi connectivity index (χ4v) is 4.12. The van der Waals surface area contributed by atoms with Gasteiger partial charge < -0.3 is 9.80 Å². The first-order valence-corrected chi connectivity index (χ1v) is 11.2. The molecule has 0 unspecified atom stereocenters. The topological polar surface area (TPSA) is 49.3 Å². The summed E-state index contributed by atoms with van der Waals surface area (Å²) < 4.78 is 39.8. The Morgan fingerprint density at radius 3 is 2.24 bits per heavy atom. The van der Waals surface area contributed by atoms with Crippen molar-refractivity contribution in [1.82, 2.24) is 15.1 Å². The molecule has 0 saturated carbocycles. The zero-order valence-corrected chi connectivity index (χ0v) is 18.4. The number of aromatic nitrogens is 2. The zero-order valence-electron chi connectivity index (χ0n) is 17.6. The van der Waals surface area contributed by atoms with Crippen molar-refractivity contribution in [3.63, 3.8) is 0 Å². The molecule has 0 radical (unpaired) electrons. The molecule has 1 aromatic heterocycles. The van der Waals surface area contributed by atoms with Gasteiger partial charge in [0.25, 0.3) is 5.91 Å². The van der Waals surface area contributed by atoms with Crippen LogP contribution in [0.2, 0.25) is 0 Å². The lowest BCUT2D eigenvalue weighted by molar-refractivity contribution is -0.138. The van der Waals surface area contributed by atoms with Crippen LogP contribution in [0.15, 0.2) is 77.2 Å². The number of alkyl halides is 3. The Labute approximate surface area is 193 Å². The van der Waals surface area contributed by atoms with Gasteiger partial charge in [0.15, 0.2) is 5.82 Å². The summed E-state index contributed by atoms with van der Waals surface area (Å²) in [5.74, 6) is 0.0692. The fraction of sp³-hybridized carbons (Fsp3) is 0.208. The van der Waals surface area contributed by atoms with Gasteiger partial charge in [-0.05, 0) is 41.3 Å². The van der Waals surface area contributed by atoms with Crippen LogP contribution in [-0.4, -0.2) is 47.2 Å². The van der Waals surface area contributed by atoms with Gasteiger partial charge in [-0.1, -0.05) is 54.2 Å². The van der Waals surface area contributed by atoms with E-state index in [-0.39, 0.29) is 5.56 Å². The molecule has 1 saturated heterocycles. The van der Waals surface area contributed by atoms with Crippen LogP contribution in [0.5, 0.6) is 0 Å². The predicted molar refractivity (Wildman–Crippen MR) is 123 cm³/mol. The molecule has 2 aromatic carbocycles. The molecule has 9 heteroatoms. The largest absolute Gasteiger partial charge is 0.417 e.